The van der Waals surface area contributed by atoms with Gasteiger partial charge in [0, 0.05) is 0 Å². The first kappa shape index (κ1) is 24.8. The molecule has 0 aliphatic heterocycles. The molecule has 0 nitrogen and oxygen atoms in total. The van der Waals surface area contributed by atoms with Crippen LogP contribution in [0.15, 0.2) is 170 Å². The van der Waals surface area contributed by atoms with E-state index < -0.39 is 0 Å². The third kappa shape index (κ3) is 3.78. The van der Waals surface area contributed by atoms with Crippen LogP contribution in [0.3, 0.4) is 0 Å². The van der Waals surface area contributed by atoms with Crippen molar-refractivity contribution in [2.24, 2.45) is 0 Å². The standard InChI is InChI=1S/C44H28/c1-2-13-30(14-3-1)43-36-20-8-10-22-38(36)44(39-23-11-9-21-37(39)43)40-24-12-16-29-25-26-32(28-41(29)40)42-27-31-15-4-5-17-33(31)34-18-6-7-19-35(34)42/h1-28H. The first-order valence-electron chi connectivity index (χ1n) is 15.3. The molecule has 0 saturated carbocycles. The molecule has 0 heteroatoms. The normalized spacial score (nSPS) is 11.6. The molecule has 0 aliphatic carbocycles. The van der Waals surface area contributed by atoms with Gasteiger partial charge in [-0.15, -0.1) is 0 Å². The molecule has 0 unspecified atom stereocenters. The zero-order valence-corrected chi connectivity index (χ0v) is 24.2. The van der Waals surface area contributed by atoms with E-state index in [4.69, 9.17) is 0 Å². The predicted octanol–water partition coefficient (Wildman–Crippen LogP) is 12.5. The molecule has 0 fully saturated rings. The maximum absolute atomic E-state index is 2.41. The van der Waals surface area contributed by atoms with Gasteiger partial charge in [0.25, 0.3) is 0 Å². The molecule has 0 bridgehead atoms. The second kappa shape index (κ2) is 9.93. The fourth-order valence-electron chi connectivity index (χ4n) is 7.29. The van der Waals surface area contributed by atoms with Crippen molar-refractivity contribution in [3.05, 3.63) is 170 Å². The Bertz CT molecular complexity index is 2480. The third-order valence-corrected chi connectivity index (χ3v) is 9.22. The third-order valence-electron chi connectivity index (χ3n) is 9.22. The molecule has 0 N–H and O–H groups in total. The van der Waals surface area contributed by atoms with Crippen LogP contribution in [-0.2, 0) is 0 Å². The number of fused-ring (bicyclic) bond motifs is 6. The van der Waals surface area contributed by atoms with E-state index in [1.807, 2.05) is 0 Å². The smallest absolute Gasteiger partial charge is 0.00201 e. The summed E-state index contributed by atoms with van der Waals surface area (Å²) in [4.78, 5) is 0. The van der Waals surface area contributed by atoms with Gasteiger partial charge in [-0.25, -0.2) is 0 Å². The topological polar surface area (TPSA) is 0 Å². The minimum Gasteiger partial charge on any atom is -0.0622 e. The molecule has 9 aromatic rings. The van der Waals surface area contributed by atoms with E-state index in [0.717, 1.165) is 0 Å². The van der Waals surface area contributed by atoms with Crippen molar-refractivity contribution < 1.29 is 0 Å². The summed E-state index contributed by atoms with van der Waals surface area (Å²) >= 11 is 0. The number of benzene rings is 9. The minimum atomic E-state index is 1.24. The summed E-state index contributed by atoms with van der Waals surface area (Å²) < 4.78 is 0. The van der Waals surface area contributed by atoms with E-state index in [-0.39, 0.29) is 0 Å². The molecular formula is C44H28. The molecule has 204 valence electrons. The van der Waals surface area contributed by atoms with Gasteiger partial charge in [0.1, 0.15) is 0 Å². The van der Waals surface area contributed by atoms with Crippen molar-refractivity contribution in [1.82, 2.24) is 0 Å². The Morgan fingerprint density at radius 3 is 1.48 bits per heavy atom. The fraction of sp³-hybridized carbons (Fsp3) is 0. The number of hydrogen-bond donors (Lipinski definition) is 0. The lowest BCUT2D eigenvalue weighted by atomic mass is 9.84. The zero-order valence-electron chi connectivity index (χ0n) is 24.2. The van der Waals surface area contributed by atoms with Crippen LogP contribution in [0.25, 0.3) is 87.2 Å². The second-order valence-electron chi connectivity index (χ2n) is 11.6. The average Bonchev–Trinajstić information content (AvgIpc) is 3.10. The van der Waals surface area contributed by atoms with E-state index >= 15 is 0 Å². The zero-order chi connectivity index (χ0) is 29.0. The maximum atomic E-state index is 2.41. The number of rotatable bonds is 3. The molecule has 0 heterocycles. The Morgan fingerprint density at radius 1 is 0.227 bits per heavy atom. The summed E-state index contributed by atoms with van der Waals surface area (Å²) in [5, 5.41) is 12.8. The molecule has 0 aromatic heterocycles. The molecule has 0 aliphatic rings. The summed E-state index contributed by atoms with van der Waals surface area (Å²) in [7, 11) is 0. The van der Waals surface area contributed by atoms with E-state index in [1.165, 1.54) is 87.2 Å². The van der Waals surface area contributed by atoms with Gasteiger partial charge in [0.05, 0.1) is 0 Å². The Balaban J connectivity index is 1.37. The Morgan fingerprint density at radius 2 is 0.773 bits per heavy atom. The Labute approximate surface area is 256 Å². The van der Waals surface area contributed by atoms with Crippen LogP contribution in [0.4, 0.5) is 0 Å². The van der Waals surface area contributed by atoms with Gasteiger partial charge in [0.15, 0.2) is 0 Å². The lowest BCUT2D eigenvalue weighted by molar-refractivity contribution is 1.66. The van der Waals surface area contributed by atoms with Gasteiger partial charge in [-0.05, 0) is 99.4 Å². The van der Waals surface area contributed by atoms with Crippen LogP contribution >= 0.6 is 0 Å². The van der Waals surface area contributed by atoms with E-state index in [2.05, 4.69) is 170 Å². The first-order valence-corrected chi connectivity index (χ1v) is 15.3. The molecule has 0 atom stereocenters. The number of hydrogen-bond acceptors (Lipinski definition) is 0. The van der Waals surface area contributed by atoms with Crippen molar-refractivity contribution in [2.45, 2.75) is 0 Å². The highest BCUT2D eigenvalue weighted by molar-refractivity contribution is 6.24. The van der Waals surface area contributed by atoms with Crippen LogP contribution in [0.2, 0.25) is 0 Å². The predicted molar refractivity (Wildman–Crippen MR) is 190 cm³/mol. The van der Waals surface area contributed by atoms with Crippen LogP contribution in [0.5, 0.6) is 0 Å². The first-order chi connectivity index (χ1) is 21.8. The minimum absolute atomic E-state index is 1.24. The molecular weight excluding hydrogens is 528 g/mol. The van der Waals surface area contributed by atoms with Gasteiger partial charge in [0.2, 0.25) is 0 Å². The van der Waals surface area contributed by atoms with Gasteiger partial charge >= 0.3 is 0 Å². The lowest BCUT2D eigenvalue weighted by Crippen LogP contribution is -1.92. The van der Waals surface area contributed by atoms with E-state index in [0.29, 0.717) is 0 Å². The Hall–Kier alpha value is -5.72. The summed E-state index contributed by atoms with van der Waals surface area (Å²) in [6.07, 6.45) is 0. The summed E-state index contributed by atoms with van der Waals surface area (Å²) in [6.45, 7) is 0. The molecule has 0 saturated heterocycles. The summed E-state index contributed by atoms with van der Waals surface area (Å²) in [6, 6.07) is 62.3. The SMILES string of the molecule is c1ccc(-c2c3ccccc3c(-c3cccc4ccc(-c5cc6ccccc6c6ccccc56)cc34)c3ccccc23)cc1. The van der Waals surface area contributed by atoms with Crippen molar-refractivity contribution in [3.63, 3.8) is 0 Å². The molecule has 0 amide bonds. The molecule has 9 aromatic carbocycles. The fourth-order valence-corrected chi connectivity index (χ4v) is 7.29. The molecule has 44 heavy (non-hydrogen) atoms. The highest BCUT2D eigenvalue weighted by Gasteiger charge is 2.18. The highest BCUT2D eigenvalue weighted by Crippen LogP contribution is 2.46. The van der Waals surface area contributed by atoms with Crippen molar-refractivity contribution in [1.29, 1.82) is 0 Å². The maximum Gasteiger partial charge on any atom is -0.00201 e. The van der Waals surface area contributed by atoms with Gasteiger partial charge < -0.3 is 0 Å². The molecule has 9 rings (SSSR count). The molecule has 0 radical (unpaired) electrons. The quantitative estimate of drug-likeness (QED) is 0.150. The van der Waals surface area contributed by atoms with Crippen LogP contribution < -0.4 is 0 Å². The Kier molecular flexibility index (Phi) is 5.61. The largest absolute Gasteiger partial charge is 0.0622 e. The van der Waals surface area contributed by atoms with Gasteiger partial charge in [-0.3, -0.25) is 0 Å². The van der Waals surface area contributed by atoms with Crippen molar-refractivity contribution >= 4 is 53.9 Å². The van der Waals surface area contributed by atoms with Crippen molar-refractivity contribution in [2.75, 3.05) is 0 Å². The average molecular weight is 557 g/mol. The van der Waals surface area contributed by atoms with E-state index in [1.54, 1.807) is 0 Å². The van der Waals surface area contributed by atoms with Gasteiger partial charge in [-0.1, -0.05) is 158 Å². The monoisotopic (exact) mass is 556 g/mol. The highest BCUT2D eigenvalue weighted by atomic mass is 14.2. The molecule has 0 spiro atoms. The van der Waals surface area contributed by atoms with Gasteiger partial charge in [-0.2, -0.15) is 0 Å². The van der Waals surface area contributed by atoms with Crippen LogP contribution in [0.1, 0.15) is 0 Å². The van der Waals surface area contributed by atoms with Crippen LogP contribution in [-0.4, -0.2) is 0 Å². The second-order valence-corrected chi connectivity index (χ2v) is 11.6. The summed E-state index contributed by atoms with van der Waals surface area (Å²) in [5.74, 6) is 0. The lowest BCUT2D eigenvalue weighted by Gasteiger charge is -2.19. The van der Waals surface area contributed by atoms with E-state index in [9.17, 15) is 0 Å². The van der Waals surface area contributed by atoms with Crippen molar-refractivity contribution in [3.8, 4) is 33.4 Å². The summed E-state index contributed by atoms with van der Waals surface area (Å²) in [5.41, 5.74) is 7.61. The van der Waals surface area contributed by atoms with Crippen LogP contribution in [0, 0.1) is 0 Å².